The lowest BCUT2D eigenvalue weighted by molar-refractivity contribution is 0.856. The minimum Gasteiger partial charge on any atom is -0.289 e. The minimum atomic E-state index is -0.115. The highest BCUT2D eigenvalue weighted by atomic mass is 16.1. The molecular formula is C17H14N4O. The summed E-state index contributed by atoms with van der Waals surface area (Å²) >= 11 is 0. The molecule has 4 aromatic rings. The van der Waals surface area contributed by atoms with Crippen molar-refractivity contribution in [3.05, 3.63) is 64.3 Å². The summed E-state index contributed by atoms with van der Waals surface area (Å²) < 4.78 is 1.51. The van der Waals surface area contributed by atoms with Gasteiger partial charge in [0.05, 0.1) is 28.3 Å². The maximum atomic E-state index is 12.6. The summed E-state index contributed by atoms with van der Waals surface area (Å²) in [6.07, 6.45) is 3.32. The van der Waals surface area contributed by atoms with Crippen molar-refractivity contribution < 1.29 is 0 Å². The normalized spacial score (nSPS) is 11.4. The van der Waals surface area contributed by atoms with Gasteiger partial charge in [-0.3, -0.25) is 19.9 Å². The van der Waals surface area contributed by atoms with Crippen molar-refractivity contribution in [1.82, 2.24) is 19.7 Å². The highest BCUT2D eigenvalue weighted by molar-refractivity contribution is 6.02. The zero-order chi connectivity index (χ0) is 15.3. The van der Waals surface area contributed by atoms with Crippen molar-refractivity contribution in [3.8, 4) is 5.69 Å². The van der Waals surface area contributed by atoms with Gasteiger partial charge in [0.15, 0.2) is 0 Å². The lowest BCUT2D eigenvalue weighted by Gasteiger charge is -2.01. The molecule has 1 N–H and O–H groups in total. The van der Waals surface area contributed by atoms with Crippen LogP contribution in [0.3, 0.4) is 0 Å². The number of nitrogens with zero attached hydrogens (tertiary/aromatic N) is 3. The smallest absolute Gasteiger partial charge is 0.280 e. The molecule has 0 bridgehead atoms. The molecule has 3 aromatic heterocycles. The van der Waals surface area contributed by atoms with Crippen LogP contribution < -0.4 is 5.56 Å². The van der Waals surface area contributed by atoms with Gasteiger partial charge >= 0.3 is 0 Å². The summed E-state index contributed by atoms with van der Waals surface area (Å²) in [4.78, 5) is 21.2. The summed E-state index contributed by atoms with van der Waals surface area (Å²) in [7, 11) is 0. The van der Waals surface area contributed by atoms with Gasteiger partial charge in [-0.05, 0) is 37.6 Å². The molecule has 1 aromatic carbocycles. The third kappa shape index (κ3) is 1.83. The van der Waals surface area contributed by atoms with Crippen LogP contribution in [0.15, 0.2) is 47.5 Å². The Kier molecular flexibility index (Phi) is 2.63. The Morgan fingerprint density at radius 1 is 1.00 bits per heavy atom. The molecule has 0 amide bonds. The van der Waals surface area contributed by atoms with E-state index in [1.807, 2.05) is 44.2 Å². The second kappa shape index (κ2) is 4.53. The van der Waals surface area contributed by atoms with E-state index in [2.05, 4.69) is 15.1 Å². The van der Waals surface area contributed by atoms with E-state index >= 15 is 0 Å². The highest BCUT2D eigenvalue weighted by Crippen LogP contribution is 2.21. The average molecular weight is 290 g/mol. The second-order valence-corrected chi connectivity index (χ2v) is 5.48. The van der Waals surface area contributed by atoms with Crippen molar-refractivity contribution in [2.24, 2.45) is 0 Å². The van der Waals surface area contributed by atoms with E-state index in [-0.39, 0.29) is 5.56 Å². The number of aromatic amines is 1. The largest absolute Gasteiger partial charge is 0.289 e. The molecule has 0 aliphatic rings. The minimum absolute atomic E-state index is 0.115. The van der Waals surface area contributed by atoms with E-state index < -0.39 is 0 Å². The number of H-pyrrole nitrogens is 1. The fourth-order valence-electron chi connectivity index (χ4n) is 2.64. The Bertz CT molecular complexity index is 1060. The van der Waals surface area contributed by atoms with Crippen molar-refractivity contribution >= 4 is 21.8 Å². The number of rotatable bonds is 1. The third-order valence-corrected chi connectivity index (χ3v) is 3.84. The SMILES string of the molecule is Cc1ccc2c(c1)ncc1c(=O)n(-c3ccc(C)nc3)[nH]c12. The van der Waals surface area contributed by atoms with Gasteiger partial charge < -0.3 is 0 Å². The van der Waals surface area contributed by atoms with Crippen molar-refractivity contribution in [3.63, 3.8) is 0 Å². The first-order valence-electron chi connectivity index (χ1n) is 7.06. The maximum absolute atomic E-state index is 12.6. The molecule has 22 heavy (non-hydrogen) atoms. The van der Waals surface area contributed by atoms with Crippen LogP contribution in [0.25, 0.3) is 27.5 Å². The lowest BCUT2D eigenvalue weighted by atomic mass is 10.1. The van der Waals surface area contributed by atoms with Crippen molar-refractivity contribution in [2.75, 3.05) is 0 Å². The molecule has 4 rings (SSSR count). The number of hydrogen-bond donors (Lipinski definition) is 1. The van der Waals surface area contributed by atoms with Crippen LogP contribution in [0.4, 0.5) is 0 Å². The molecule has 0 aliphatic heterocycles. The number of fused-ring (bicyclic) bond motifs is 3. The first-order valence-corrected chi connectivity index (χ1v) is 7.06. The first kappa shape index (κ1) is 12.8. The Morgan fingerprint density at radius 2 is 1.86 bits per heavy atom. The predicted octanol–water partition coefficient (Wildman–Crippen LogP) is 2.88. The monoisotopic (exact) mass is 290 g/mol. The number of hydrogen-bond acceptors (Lipinski definition) is 3. The Hall–Kier alpha value is -2.95. The number of nitrogens with one attached hydrogen (secondary N) is 1. The number of aromatic nitrogens is 4. The fourth-order valence-corrected chi connectivity index (χ4v) is 2.64. The van der Waals surface area contributed by atoms with E-state index in [4.69, 9.17) is 0 Å². The third-order valence-electron chi connectivity index (χ3n) is 3.84. The Balaban J connectivity index is 2.06. The van der Waals surface area contributed by atoms with Gasteiger partial charge in [-0.15, -0.1) is 0 Å². The van der Waals surface area contributed by atoms with Gasteiger partial charge in [0.1, 0.15) is 0 Å². The fraction of sp³-hybridized carbons (Fsp3) is 0.118. The van der Waals surface area contributed by atoms with Crippen molar-refractivity contribution in [1.29, 1.82) is 0 Å². The maximum Gasteiger partial charge on any atom is 0.280 e. The van der Waals surface area contributed by atoms with Crippen LogP contribution in [0.1, 0.15) is 11.3 Å². The van der Waals surface area contributed by atoms with Crippen LogP contribution in [-0.4, -0.2) is 19.7 Å². The Morgan fingerprint density at radius 3 is 2.64 bits per heavy atom. The topological polar surface area (TPSA) is 63.6 Å². The van der Waals surface area contributed by atoms with Gasteiger partial charge in [0, 0.05) is 17.3 Å². The second-order valence-electron chi connectivity index (χ2n) is 5.48. The number of aryl methyl sites for hydroxylation is 2. The van der Waals surface area contributed by atoms with Crippen LogP contribution in [0, 0.1) is 13.8 Å². The molecule has 0 saturated heterocycles. The Labute approximate surface area is 126 Å². The molecule has 0 atom stereocenters. The first-order chi connectivity index (χ1) is 10.6. The highest BCUT2D eigenvalue weighted by Gasteiger charge is 2.12. The molecule has 0 spiro atoms. The molecule has 5 heteroatoms. The van der Waals surface area contributed by atoms with E-state index in [1.54, 1.807) is 12.4 Å². The molecule has 3 heterocycles. The predicted molar refractivity (Wildman–Crippen MR) is 86.5 cm³/mol. The van der Waals surface area contributed by atoms with Gasteiger partial charge in [0.25, 0.3) is 5.56 Å². The van der Waals surface area contributed by atoms with E-state index in [0.717, 1.165) is 27.7 Å². The molecular weight excluding hydrogens is 276 g/mol. The molecule has 0 saturated carbocycles. The molecule has 5 nitrogen and oxygen atoms in total. The molecule has 0 aliphatic carbocycles. The van der Waals surface area contributed by atoms with E-state index in [0.29, 0.717) is 11.1 Å². The lowest BCUT2D eigenvalue weighted by Crippen LogP contribution is -2.14. The van der Waals surface area contributed by atoms with Crippen LogP contribution in [0.2, 0.25) is 0 Å². The van der Waals surface area contributed by atoms with E-state index in [1.165, 1.54) is 4.68 Å². The standard InChI is InChI=1S/C17H14N4O/c1-10-3-6-13-15(7-10)19-9-14-16(13)20-21(17(14)22)12-5-4-11(2)18-8-12/h3-9,20H,1-2H3. The summed E-state index contributed by atoms with van der Waals surface area (Å²) in [6.45, 7) is 3.94. The van der Waals surface area contributed by atoms with Crippen LogP contribution >= 0.6 is 0 Å². The number of pyridine rings is 2. The molecule has 0 fully saturated rings. The van der Waals surface area contributed by atoms with Gasteiger partial charge in [-0.25, -0.2) is 4.68 Å². The zero-order valence-corrected chi connectivity index (χ0v) is 12.3. The van der Waals surface area contributed by atoms with Crippen molar-refractivity contribution in [2.45, 2.75) is 13.8 Å². The quantitative estimate of drug-likeness (QED) is 0.586. The summed E-state index contributed by atoms with van der Waals surface area (Å²) in [5.74, 6) is 0. The van der Waals surface area contributed by atoms with Crippen LogP contribution in [-0.2, 0) is 0 Å². The van der Waals surface area contributed by atoms with Gasteiger partial charge in [0.2, 0.25) is 0 Å². The van der Waals surface area contributed by atoms with Gasteiger partial charge in [-0.2, -0.15) is 0 Å². The molecule has 0 radical (unpaired) electrons. The summed E-state index contributed by atoms with van der Waals surface area (Å²) in [5.41, 5.74) is 4.33. The summed E-state index contributed by atoms with van der Waals surface area (Å²) in [5, 5.41) is 4.71. The molecule has 108 valence electrons. The van der Waals surface area contributed by atoms with Gasteiger partial charge in [-0.1, -0.05) is 12.1 Å². The van der Waals surface area contributed by atoms with E-state index in [9.17, 15) is 4.79 Å². The zero-order valence-electron chi connectivity index (χ0n) is 12.3. The average Bonchev–Trinajstić information content (AvgIpc) is 2.85. The molecule has 0 unspecified atom stereocenters. The summed E-state index contributed by atoms with van der Waals surface area (Å²) in [6, 6.07) is 9.78. The number of benzene rings is 1. The van der Waals surface area contributed by atoms with Crippen LogP contribution in [0.5, 0.6) is 0 Å².